The fraction of sp³-hybridized carbons (Fsp3) is 0.929. The summed E-state index contributed by atoms with van der Waals surface area (Å²) in [7, 11) is 0. The Morgan fingerprint density at radius 3 is 1.81 bits per heavy atom. The van der Waals surface area contributed by atoms with Gasteiger partial charge in [0.2, 0.25) is 0 Å². The summed E-state index contributed by atoms with van der Waals surface area (Å²) in [4.78, 5) is 11.1. The highest BCUT2D eigenvalue weighted by Gasteiger charge is 2.35. The molecular formula is C14H27O2. The van der Waals surface area contributed by atoms with Crippen molar-refractivity contribution in [2.24, 2.45) is 5.41 Å². The third kappa shape index (κ3) is 5.00. The second kappa shape index (κ2) is 8.60. The SMILES string of the molecule is CCCCCCCCC(CC)(CC)C([O])=O. The Kier molecular flexibility index (Phi) is 8.32. The molecule has 0 saturated heterocycles. The van der Waals surface area contributed by atoms with Crippen LogP contribution in [0.4, 0.5) is 0 Å². The van der Waals surface area contributed by atoms with E-state index in [2.05, 4.69) is 6.92 Å². The Hall–Kier alpha value is -0.530. The highest BCUT2D eigenvalue weighted by Crippen LogP contribution is 2.33. The molecular weight excluding hydrogens is 200 g/mol. The molecule has 0 atom stereocenters. The molecule has 0 N–H and O–H groups in total. The van der Waals surface area contributed by atoms with Crippen molar-refractivity contribution in [2.75, 3.05) is 0 Å². The minimum Gasteiger partial charge on any atom is -0.247 e. The highest BCUT2D eigenvalue weighted by molar-refractivity contribution is 5.74. The van der Waals surface area contributed by atoms with Gasteiger partial charge in [-0.25, -0.2) is 9.90 Å². The van der Waals surface area contributed by atoms with Gasteiger partial charge in [0.25, 0.3) is 0 Å². The molecule has 0 aromatic heterocycles. The van der Waals surface area contributed by atoms with Gasteiger partial charge in [-0.15, -0.1) is 0 Å². The lowest BCUT2D eigenvalue weighted by Gasteiger charge is -2.25. The van der Waals surface area contributed by atoms with Gasteiger partial charge in [-0.05, 0) is 19.3 Å². The van der Waals surface area contributed by atoms with Crippen LogP contribution in [0.3, 0.4) is 0 Å². The van der Waals surface area contributed by atoms with E-state index in [1.807, 2.05) is 13.8 Å². The molecule has 0 aromatic carbocycles. The molecule has 0 unspecified atom stereocenters. The monoisotopic (exact) mass is 227 g/mol. The molecule has 0 aliphatic heterocycles. The number of hydrogen-bond donors (Lipinski definition) is 0. The van der Waals surface area contributed by atoms with E-state index in [-0.39, 0.29) is 0 Å². The number of carbonyl (C=O) groups is 1. The summed E-state index contributed by atoms with van der Waals surface area (Å²) in [6, 6.07) is 0. The average Bonchev–Trinajstić information content (AvgIpc) is 2.28. The topological polar surface area (TPSA) is 37.0 Å². The van der Waals surface area contributed by atoms with E-state index in [9.17, 15) is 9.90 Å². The van der Waals surface area contributed by atoms with Crippen LogP contribution in [0.2, 0.25) is 0 Å². The molecule has 0 spiro atoms. The molecule has 0 amide bonds. The summed E-state index contributed by atoms with van der Waals surface area (Å²) in [5.41, 5.74) is -0.565. The van der Waals surface area contributed by atoms with Crippen molar-refractivity contribution in [3.05, 3.63) is 0 Å². The van der Waals surface area contributed by atoms with Crippen molar-refractivity contribution in [1.82, 2.24) is 0 Å². The molecule has 95 valence electrons. The van der Waals surface area contributed by atoms with Gasteiger partial charge in [0, 0.05) is 0 Å². The maximum Gasteiger partial charge on any atom is 0.361 e. The van der Waals surface area contributed by atoms with Crippen LogP contribution < -0.4 is 0 Å². The summed E-state index contributed by atoms with van der Waals surface area (Å²) < 4.78 is 0. The smallest absolute Gasteiger partial charge is 0.247 e. The molecule has 0 aromatic rings. The molecule has 0 saturated carbocycles. The van der Waals surface area contributed by atoms with E-state index in [0.717, 1.165) is 19.3 Å². The number of rotatable bonds is 10. The van der Waals surface area contributed by atoms with Crippen LogP contribution in [-0.2, 0) is 9.90 Å². The van der Waals surface area contributed by atoms with Crippen molar-refractivity contribution >= 4 is 5.97 Å². The quantitative estimate of drug-likeness (QED) is 0.506. The zero-order valence-corrected chi connectivity index (χ0v) is 11.2. The summed E-state index contributed by atoms with van der Waals surface area (Å²) in [5.74, 6) is -0.856. The molecule has 0 rings (SSSR count). The fourth-order valence-corrected chi connectivity index (χ4v) is 2.24. The minimum atomic E-state index is -0.856. The van der Waals surface area contributed by atoms with Gasteiger partial charge < -0.3 is 0 Å². The first-order chi connectivity index (χ1) is 7.63. The third-order valence-corrected chi connectivity index (χ3v) is 3.80. The van der Waals surface area contributed by atoms with Crippen molar-refractivity contribution in [3.63, 3.8) is 0 Å². The number of carbonyl (C=O) groups excluding carboxylic acids is 1. The van der Waals surface area contributed by atoms with Crippen LogP contribution in [0.15, 0.2) is 0 Å². The van der Waals surface area contributed by atoms with Gasteiger partial charge in [0.1, 0.15) is 0 Å². The Bertz CT molecular complexity index is 183. The van der Waals surface area contributed by atoms with Gasteiger partial charge in [0.15, 0.2) is 0 Å². The van der Waals surface area contributed by atoms with Crippen molar-refractivity contribution in [2.45, 2.75) is 78.6 Å². The average molecular weight is 227 g/mol. The van der Waals surface area contributed by atoms with Crippen molar-refractivity contribution in [1.29, 1.82) is 0 Å². The molecule has 16 heavy (non-hydrogen) atoms. The van der Waals surface area contributed by atoms with E-state index >= 15 is 0 Å². The van der Waals surface area contributed by atoms with E-state index in [1.54, 1.807) is 0 Å². The van der Waals surface area contributed by atoms with Crippen LogP contribution in [0.5, 0.6) is 0 Å². The number of unbranched alkanes of at least 4 members (excludes halogenated alkanes) is 5. The minimum absolute atomic E-state index is 0.565. The summed E-state index contributed by atoms with van der Waals surface area (Å²) >= 11 is 0. The zero-order chi connectivity index (χ0) is 12.4. The molecule has 0 bridgehead atoms. The van der Waals surface area contributed by atoms with Gasteiger partial charge in [0.05, 0.1) is 5.41 Å². The maximum absolute atomic E-state index is 11.1. The Morgan fingerprint density at radius 1 is 0.875 bits per heavy atom. The van der Waals surface area contributed by atoms with Gasteiger partial charge >= 0.3 is 5.97 Å². The van der Waals surface area contributed by atoms with Crippen molar-refractivity contribution in [3.8, 4) is 0 Å². The van der Waals surface area contributed by atoms with Gasteiger partial charge in [-0.3, -0.25) is 0 Å². The first-order valence-electron chi connectivity index (χ1n) is 6.84. The van der Waals surface area contributed by atoms with Crippen LogP contribution >= 0.6 is 0 Å². The Morgan fingerprint density at radius 2 is 1.38 bits per heavy atom. The third-order valence-electron chi connectivity index (χ3n) is 3.80. The zero-order valence-electron chi connectivity index (χ0n) is 11.2. The summed E-state index contributed by atoms with van der Waals surface area (Å²) in [6.07, 6.45) is 9.45. The molecule has 1 radical (unpaired) electrons. The lowest BCUT2D eigenvalue weighted by Crippen LogP contribution is -2.28. The van der Waals surface area contributed by atoms with Crippen LogP contribution in [0, 0.1) is 5.41 Å². The fourth-order valence-electron chi connectivity index (χ4n) is 2.24. The lowest BCUT2D eigenvalue weighted by molar-refractivity contribution is -0.156. The first kappa shape index (κ1) is 15.5. The summed E-state index contributed by atoms with van der Waals surface area (Å²) in [6.45, 7) is 6.11. The normalized spacial score (nSPS) is 11.7. The van der Waals surface area contributed by atoms with Crippen LogP contribution in [0.25, 0.3) is 0 Å². The largest absolute Gasteiger partial charge is 0.361 e. The Labute approximate surface area is 100 Å². The lowest BCUT2D eigenvalue weighted by atomic mass is 9.78. The van der Waals surface area contributed by atoms with Crippen LogP contribution in [-0.4, -0.2) is 5.97 Å². The molecule has 0 fully saturated rings. The standard InChI is InChI=1S/C14H27O2/c1-4-7-8-9-10-11-12-14(5-2,6-3)13(15)16/h4-12H2,1-3H3. The van der Waals surface area contributed by atoms with Gasteiger partial charge in [-0.1, -0.05) is 59.3 Å². The second-order valence-electron chi connectivity index (χ2n) is 4.79. The highest BCUT2D eigenvalue weighted by atomic mass is 16.4. The first-order valence-corrected chi connectivity index (χ1v) is 6.84. The predicted molar refractivity (Wildman–Crippen MR) is 66.7 cm³/mol. The molecule has 0 aliphatic rings. The molecule has 0 aliphatic carbocycles. The van der Waals surface area contributed by atoms with E-state index in [0.29, 0.717) is 12.8 Å². The predicted octanol–water partition coefficient (Wildman–Crippen LogP) is 4.50. The molecule has 0 heterocycles. The van der Waals surface area contributed by atoms with Crippen LogP contribution in [0.1, 0.15) is 78.6 Å². The van der Waals surface area contributed by atoms with Crippen molar-refractivity contribution < 1.29 is 9.90 Å². The van der Waals surface area contributed by atoms with Gasteiger partial charge in [-0.2, -0.15) is 0 Å². The second-order valence-corrected chi connectivity index (χ2v) is 4.79. The summed E-state index contributed by atoms with van der Waals surface area (Å²) in [5, 5.41) is 11.1. The van der Waals surface area contributed by atoms with E-state index in [4.69, 9.17) is 0 Å². The molecule has 2 heteroatoms. The number of hydrogen-bond acceptors (Lipinski definition) is 1. The Balaban J connectivity index is 3.81. The molecule has 2 nitrogen and oxygen atoms in total. The van der Waals surface area contributed by atoms with E-state index < -0.39 is 11.4 Å². The van der Waals surface area contributed by atoms with E-state index in [1.165, 1.54) is 25.7 Å². The maximum atomic E-state index is 11.1.